The van der Waals surface area contributed by atoms with E-state index < -0.39 is 0 Å². The molecule has 0 saturated carbocycles. The van der Waals surface area contributed by atoms with Gasteiger partial charge in [-0.25, -0.2) is 0 Å². The van der Waals surface area contributed by atoms with E-state index in [-0.39, 0.29) is 11.4 Å². The lowest BCUT2D eigenvalue weighted by atomic mass is 10.1. The first kappa shape index (κ1) is 17.5. The van der Waals surface area contributed by atoms with Gasteiger partial charge < -0.3 is 14.3 Å². The van der Waals surface area contributed by atoms with Gasteiger partial charge in [0, 0.05) is 21.5 Å². The van der Waals surface area contributed by atoms with Crippen molar-refractivity contribution in [1.82, 2.24) is 14.8 Å². The standard InChI is InChI=1S/C22H15ClN4O2/c23-14-9-11-15(12-10-14)24-22-26-25-20(29-22)13-27-18-7-3-1-5-16(18)21(28)17-6-2-4-8-19(17)27/h1-12H,13H2,(H,24,26). The Bertz CT molecular complexity index is 1330. The number of pyridine rings is 1. The molecule has 5 aromatic rings. The van der Waals surface area contributed by atoms with Crippen molar-refractivity contribution in [2.24, 2.45) is 0 Å². The van der Waals surface area contributed by atoms with Gasteiger partial charge in [-0.3, -0.25) is 4.79 Å². The second-order valence-electron chi connectivity index (χ2n) is 6.58. The third-order valence-corrected chi connectivity index (χ3v) is 4.99. The molecule has 0 saturated heterocycles. The molecule has 29 heavy (non-hydrogen) atoms. The number of benzene rings is 3. The molecule has 0 aliphatic carbocycles. The van der Waals surface area contributed by atoms with Gasteiger partial charge in [-0.2, -0.15) is 0 Å². The van der Waals surface area contributed by atoms with Gasteiger partial charge >= 0.3 is 6.01 Å². The number of rotatable bonds is 4. The van der Waals surface area contributed by atoms with Crippen LogP contribution in [-0.2, 0) is 6.54 Å². The number of nitrogens with zero attached hydrogens (tertiary/aromatic N) is 3. The van der Waals surface area contributed by atoms with Crippen LogP contribution in [0.5, 0.6) is 0 Å². The Balaban J connectivity index is 1.55. The Hall–Kier alpha value is -3.64. The third kappa shape index (κ3) is 3.23. The van der Waals surface area contributed by atoms with E-state index in [0.717, 1.165) is 16.7 Å². The molecule has 0 bridgehead atoms. The zero-order valence-electron chi connectivity index (χ0n) is 15.2. The Kier molecular flexibility index (Phi) is 4.26. The highest BCUT2D eigenvalue weighted by Crippen LogP contribution is 2.22. The second-order valence-corrected chi connectivity index (χ2v) is 7.02. The number of nitrogens with one attached hydrogen (secondary N) is 1. The van der Waals surface area contributed by atoms with Crippen molar-refractivity contribution in [1.29, 1.82) is 0 Å². The lowest BCUT2D eigenvalue weighted by Gasteiger charge is -2.13. The van der Waals surface area contributed by atoms with Crippen LogP contribution >= 0.6 is 11.6 Å². The monoisotopic (exact) mass is 402 g/mol. The molecule has 0 aliphatic rings. The molecule has 1 N–H and O–H groups in total. The van der Waals surface area contributed by atoms with E-state index >= 15 is 0 Å². The van der Waals surface area contributed by atoms with Crippen molar-refractivity contribution in [3.05, 3.63) is 93.9 Å². The smallest absolute Gasteiger partial charge is 0.320 e. The van der Waals surface area contributed by atoms with E-state index in [1.54, 1.807) is 12.1 Å². The van der Waals surface area contributed by atoms with E-state index in [0.29, 0.717) is 28.2 Å². The lowest BCUT2D eigenvalue weighted by molar-refractivity contribution is 0.497. The second kappa shape index (κ2) is 7.07. The Labute approximate surface area is 170 Å². The quantitative estimate of drug-likeness (QED) is 0.429. The first-order chi connectivity index (χ1) is 14.2. The lowest BCUT2D eigenvalue weighted by Crippen LogP contribution is -2.12. The fourth-order valence-corrected chi connectivity index (χ4v) is 3.53. The number of fused-ring (bicyclic) bond motifs is 2. The molecule has 0 radical (unpaired) electrons. The normalized spacial score (nSPS) is 11.2. The van der Waals surface area contributed by atoms with E-state index in [1.165, 1.54) is 0 Å². The molecule has 2 heterocycles. The van der Waals surface area contributed by atoms with Crippen molar-refractivity contribution in [2.75, 3.05) is 5.32 Å². The Morgan fingerprint density at radius 2 is 1.48 bits per heavy atom. The van der Waals surface area contributed by atoms with Crippen LogP contribution in [0.25, 0.3) is 21.8 Å². The molecule has 142 valence electrons. The molecule has 7 heteroatoms. The summed E-state index contributed by atoms with van der Waals surface area (Å²) in [6.45, 7) is 0.344. The first-order valence-corrected chi connectivity index (χ1v) is 9.42. The highest BCUT2D eigenvalue weighted by atomic mass is 35.5. The fraction of sp³-hybridized carbons (Fsp3) is 0.0455. The molecule has 0 aliphatic heterocycles. The van der Waals surface area contributed by atoms with Gasteiger partial charge in [-0.05, 0) is 48.5 Å². The summed E-state index contributed by atoms with van der Waals surface area (Å²) >= 11 is 5.91. The highest BCUT2D eigenvalue weighted by molar-refractivity contribution is 6.30. The van der Waals surface area contributed by atoms with Gasteiger partial charge in [0.1, 0.15) is 6.54 Å². The summed E-state index contributed by atoms with van der Waals surface area (Å²) in [6.07, 6.45) is 0. The van der Waals surface area contributed by atoms with Gasteiger partial charge in [-0.15, -0.1) is 5.10 Å². The largest absolute Gasteiger partial charge is 0.406 e. The van der Waals surface area contributed by atoms with E-state index in [2.05, 4.69) is 15.5 Å². The highest BCUT2D eigenvalue weighted by Gasteiger charge is 2.13. The van der Waals surface area contributed by atoms with Crippen LogP contribution in [0.2, 0.25) is 5.02 Å². The average Bonchev–Trinajstić information content (AvgIpc) is 3.20. The number of hydrogen-bond acceptors (Lipinski definition) is 5. The minimum Gasteiger partial charge on any atom is -0.406 e. The summed E-state index contributed by atoms with van der Waals surface area (Å²) in [5, 5.41) is 13.3. The maximum Gasteiger partial charge on any atom is 0.320 e. The zero-order valence-corrected chi connectivity index (χ0v) is 15.9. The van der Waals surface area contributed by atoms with Crippen molar-refractivity contribution in [2.45, 2.75) is 6.54 Å². The van der Waals surface area contributed by atoms with Gasteiger partial charge in [-0.1, -0.05) is 41.0 Å². The van der Waals surface area contributed by atoms with Crippen molar-refractivity contribution in [3.8, 4) is 0 Å². The average molecular weight is 403 g/mol. The number of anilines is 2. The topological polar surface area (TPSA) is 73.0 Å². The van der Waals surface area contributed by atoms with E-state index in [4.69, 9.17) is 16.0 Å². The van der Waals surface area contributed by atoms with Gasteiger partial charge in [0.2, 0.25) is 5.89 Å². The predicted octanol–water partition coefficient (Wildman–Crippen LogP) is 4.98. The molecule has 0 fully saturated rings. The summed E-state index contributed by atoms with van der Waals surface area (Å²) in [5.74, 6) is 0.431. The minimum atomic E-state index is 0.0167. The maximum absolute atomic E-state index is 12.8. The molecule has 6 nitrogen and oxygen atoms in total. The van der Waals surface area contributed by atoms with Crippen molar-refractivity contribution < 1.29 is 4.42 Å². The van der Waals surface area contributed by atoms with E-state index in [9.17, 15) is 4.79 Å². The summed E-state index contributed by atoms with van der Waals surface area (Å²) in [6, 6.07) is 22.6. The zero-order chi connectivity index (χ0) is 19.8. The van der Waals surface area contributed by atoms with Crippen molar-refractivity contribution >= 4 is 45.1 Å². The van der Waals surface area contributed by atoms with Crippen LogP contribution in [0.4, 0.5) is 11.7 Å². The molecule has 0 unspecified atom stereocenters. The van der Waals surface area contributed by atoms with E-state index in [1.807, 2.05) is 65.2 Å². The molecule has 3 aromatic carbocycles. The summed E-state index contributed by atoms with van der Waals surface area (Å²) < 4.78 is 7.80. The molecule has 0 atom stereocenters. The van der Waals surface area contributed by atoms with Gasteiger partial charge in [0.15, 0.2) is 5.43 Å². The van der Waals surface area contributed by atoms with Gasteiger partial charge in [0.25, 0.3) is 0 Å². The third-order valence-electron chi connectivity index (χ3n) is 4.73. The van der Waals surface area contributed by atoms with Crippen LogP contribution < -0.4 is 10.7 Å². The molecule has 0 spiro atoms. The molecule has 0 amide bonds. The summed E-state index contributed by atoms with van der Waals surface area (Å²) in [7, 11) is 0. The fourth-order valence-electron chi connectivity index (χ4n) is 3.41. The number of hydrogen-bond donors (Lipinski definition) is 1. The van der Waals surface area contributed by atoms with Crippen LogP contribution in [0.1, 0.15) is 5.89 Å². The maximum atomic E-state index is 12.8. The number of halogens is 1. The first-order valence-electron chi connectivity index (χ1n) is 9.04. The van der Waals surface area contributed by atoms with Crippen LogP contribution in [-0.4, -0.2) is 14.8 Å². The molecule has 5 rings (SSSR count). The predicted molar refractivity (Wildman–Crippen MR) is 114 cm³/mol. The minimum absolute atomic E-state index is 0.0167. The van der Waals surface area contributed by atoms with Crippen LogP contribution in [0.3, 0.4) is 0 Å². The number of aromatic nitrogens is 3. The summed E-state index contributed by atoms with van der Waals surface area (Å²) in [5.41, 5.74) is 2.45. The number of para-hydroxylation sites is 2. The Morgan fingerprint density at radius 3 is 2.14 bits per heavy atom. The SMILES string of the molecule is O=c1c2ccccc2n(Cc2nnc(Nc3ccc(Cl)cc3)o2)c2ccccc12. The summed E-state index contributed by atoms with van der Waals surface area (Å²) in [4.78, 5) is 12.8. The molecular formula is C22H15ClN4O2. The van der Waals surface area contributed by atoms with Crippen LogP contribution in [0, 0.1) is 0 Å². The Morgan fingerprint density at radius 1 is 0.862 bits per heavy atom. The van der Waals surface area contributed by atoms with Crippen LogP contribution in [0.15, 0.2) is 82.0 Å². The van der Waals surface area contributed by atoms with Gasteiger partial charge in [0.05, 0.1) is 11.0 Å². The molecular weight excluding hydrogens is 388 g/mol. The van der Waals surface area contributed by atoms with Crippen molar-refractivity contribution in [3.63, 3.8) is 0 Å². The molecule has 2 aromatic heterocycles.